The molecule has 0 unspecified atom stereocenters. The molecule has 106 valence electrons. The summed E-state index contributed by atoms with van der Waals surface area (Å²) in [6, 6.07) is 2.72. The maximum absolute atomic E-state index is 4.67. The monoisotopic (exact) mass is 262 g/mol. The number of nitrogens with one attached hydrogen (secondary N) is 2. The number of guanidine groups is 1. The van der Waals surface area contributed by atoms with E-state index >= 15 is 0 Å². The van der Waals surface area contributed by atoms with Crippen molar-refractivity contribution >= 4 is 5.96 Å². The maximum atomic E-state index is 4.67. The molecule has 0 radical (unpaired) electrons. The van der Waals surface area contributed by atoms with E-state index in [0.717, 1.165) is 19.0 Å². The molecule has 2 rings (SSSR count). The Hall–Kier alpha value is -1.45. The minimum atomic E-state index is 0.599. The normalized spacial score (nSPS) is 17.5. The Labute approximate surface area is 116 Å². The van der Waals surface area contributed by atoms with Crippen molar-refractivity contribution in [2.24, 2.45) is 12.0 Å². The Bertz CT molecular complexity index is 402. The van der Waals surface area contributed by atoms with E-state index in [4.69, 9.17) is 0 Å². The molecule has 1 aromatic rings. The van der Waals surface area contributed by atoms with Crippen molar-refractivity contribution in [2.45, 2.75) is 51.6 Å². The zero-order valence-corrected chi connectivity index (χ0v) is 12.2. The summed E-state index contributed by atoms with van der Waals surface area (Å²) in [7, 11) is 2.04. The fourth-order valence-corrected chi connectivity index (χ4v) is 2.59. The van der Waals surface area contributed by atoms with E-state index in [0.29, 0.717) is 6.04 Å². The maximum Gasteiger partial charge on any atom is 0.191 e. The molecule has 4 nitrogen and oxygen atoms in total. The van der Waals surface area contributed by atoms with Crippen molar-refractivity contribution in [3.05, 3.63) is 24.0 Å². The largest absolute Gasteiger partial charge is 0.357 e. The van der Waals surface area contributed by atoms with Crippen LogP contribution in [0.4, 0.5) is 0 Å². The molecule has 1 heterocycles. The minimum absolute atomic E-state index is 0.599. The number of hydrogen-bond acceptors (Lipinski definition) is 1. The van der Waals surface area contributed by atoms with Crippen LogP contribution in [0.25, 0.3) is 0 Å². The van der Waals surface area contributed by atoms with Crippen LogP contribution in [-0.2, 0) is 13.6 Å². The van der Waals surface area contributed by atoms with Gasteiger partial charge in [0.25, 0.3) is 0 Å². The van der Waals surface area contributed by atoms with Crippen LogP contribution in [0.1, 0.15) is 44.6 Å². The summed E-state index contributed by atoms with van der Waals surface area (Å²) < 4.78 is 2.06. The van der Waals surface area contributed by atoms with Crippen LogP contribution in [-0.4, -0.2) is 23.1 Å². The molecule has 1 saturated carbocycles. The minimum Gasteiger partial charge on any atom is -0.357 e. The van der Waals surface area contributed by atoms with Crippen LogP contribution < -0.4 is 10.6 Å². The van der Waals surface area contributed by atoms with Crippen LogP contribution in [0.3, 0.4) is 0 Å². The third-order valence-electron chi connectivity index (χ3n) is 3.60. The highest BCUT2D eigenvalue weighted by atomic mass is 15.2. The van der Waals surface area contributed by atoms with Crippen LogP contribution in [0.5, 0.6) is 0 Å². The lowest BCUT2D eigenvalue weighted by Gasteiger charge is -2.24. The molecule has 19 heavy (non-hydrogen) atoms. The van der Waals surface area contributed by atoms with E-state index in [2.05, 4.69) is 45.6 Å². The van der Waals surface area contributed by atoms with Crippen molar-refractivity contribution in [3.8, 4) is 0 Å². The van der Waals surface area contributed by atoms with Gasteiger partial charge in [-0.2, -0.15) is 0 Å². The van der Waals surface area contributed by atoms with Crippen molar-refractivity contribution in [1.82, 2.24) is 15.2 Å². The topological polar surface area (TPSA) is 41.4 Å². The first-order valence-electron chi connectivity index (χ1n) is 7.43. The second kappa shape index (κ2) is 7.22. The fraction of sp³-hybridized carbons (Fsp3) is 0.667. The van der Waals surface area contributed by atoms with E-state index in [1.165, 1.54) is 37.7 Å². The van der Waals surface area contributed by atoms with Gasteiger partial charge in [-0.15, -0.1) is 0 Å². The highest BCUT2D eigenvalue weighted by Gasteiger charge is 2.14. The van der Waals surface area contributed by atoms with Gasteiger partial charge in [0.1, 0.15) is 0 Å². The average Bonchev–Trinajstić information content (AvgIpc) is 2.83. The average molecular weight is 262 g/mol. The predicted octanol–water partition coefficient (Wildman–Crippen LogP) is 2.41. The molecular formula is C15H26N4. The van der Waals surface area contributed by atoms with Gasteiger partial charge in [0.15, 0.2) is 5.96 Å². The van der Waals surface area contributed by atoms with Crippen LogP contribution in [0.15, 0.2) is 23.5 Å². The van der Waals surface area contributed by atoms with Gasteiger partial charge in [-0.3, -0.25) is 0 Å². The third-order valence-corrected chi connectivity index (χ3v) is 3.60. The van der Waals surface area contributed by atoms with Gasteiger partial charge in [-0.05, 0) is 31.4 Å². The molecule has 1 aliphatic carbocycles. The van der Waals surface area contributed by atoms with Crippen molar-refractivity contribution in [1.29, 1.82) is 0 Å². The van der Waals surface area contributed by atoms with Gasteiger partial charge in [0.2, 0.25) is 0 Å². The second-order valence-corrected chi connectivity index (χ2v) is 5.36. The molecule has 0 bridgehead atoms. The quantitative estimate of drug-likeness (QED) is 0.646. The van der Waals surface area contributed by atoms with Gasteiger partial charge < -0.3 is 15.2 Å². The third kappa shape index (κ3) is 4.62. The van der Waals surface area contributed by atoms with E-state index < -0.39 is 0 Å². The molecule has 1 aromatic heterocycles. The Morgan fingerprint density at radius 2 is 2.16 bits per heavy atom. The van der Waals surface area contributed by atoms with Crippen molar-refractivity contribution in [2.75, 3.05) is 6.54 Å². The number of hydrogen-bond donors (Lipinski definition) is 2. The molecular weight excluding hydrogens is 236 g/mol. The first-order valence-corrected chi connectivity index (χ1v) is 7.43. The van der Waals surface area contributed by atoms with Crippen LogP contribution in [0, 0.1) is 0 Å². The molecule has 0 amide bonds. The second-order valence-electron chi connectivity index (χ2n) is 5.36. The summed E-state index contributed by atoms with van der Waals surface area (Å²) in [5, 5.41) is 6.91. The zero-order chi connectivity index (χ0) is 13.5. The molecule has 0 saturated heterocycles. The van der Waals surface area contributed by atoms with Crippen molar-refractivity contribution in [3.63, 3.8) is 0 Å². The zero-order valence-electron chi connectivity index (χ0n) is 12.2. The Balaban J connectivity index is 1.90. The number of nitrogens with zero attached hydrogens (tertiary/aromatic N) is 2. The molecule has 1 fully saturated rings. The van der Waals surface area contributed by atoms with Crippen molar-refractivity contribution < 1.29 is 0 Å². The lowest BCUT2D eigenvalue weighted by molar-refractivity contribution is 0.410. The molecule has 0 spiro atoms. The lowest BCUT2D eigenvalue weighted by Crippen LogP contribution is -2.44. The Kier molecular flexibility index (Phi) is 5.31. The fourth-order valence-electron chi connectivity index (χ4n) is 2.59. The van der Waals surface area contributed by atoms with Gasteiger partial charge in [0, 0.05) is 32.0 Å². The van der Waals surface area contributed by atoms with Crippen LogP contribution in [0.2, 0.25) is 0 Å². The van der Waals surface area contributed by atoms with E-state index in [1.807, 2.05) is 7.05 Å². The van der Waals surface area contributed by atoms with Gasteiger partial charge >= 0.3 is 0 Å². The van der Waals surface area contributed by atoms with Gasteiger partial charge in [0.05, 0.1) is 6.54 Å². The van der Waals surface area contributed by atoms with E-state index in [-0.39, 0.29) is 0 Å². The first-order chi connectivity index (χ1) is 9.28. The summed E-state index contributed by atoms with van der Waals surface area (Å²) >= 11 is 0. The highest BCUT2D eigenvalue weighted by Crippen LogP contribution is 2.17. The summed E-state index contributed by atoms with van der Waals surface area (Å²) in [6.45, 7) is 3.76. The Morgan fingerprint density at radius 1 is 1.37 bits per heavy atom. The Morgan fingerprint density at radius 3 is 2.79 bits per heavy atom. The molecule has 0 atom stereocenters. The standard InChI is InChI=1S/C15H26N4/c1-3-16-15(18-14-7-5-4-6-8-14)17-11-13-9-10-19(2)12-13/h9-10,12,14H,3-8,11H2,1-2H3,(H2,16,17,18). The number of aryl methyl sites for hydroxylation is 1. The SMILES string of the molecule is CCNC(=NCc1ccn(C)c1)NC1CCCCC1. The van der Waals surface area contributed by atoms with Gasteiger partial charge in [-0.1, -0.05) is 19.3 Å². The van der Waals surface area contributed by atoms with E-state index in [1.54, 1.807) is 0 Å². The summed E-state index contributed by atoms with van der Waals surface area (Å²) in [6.07, 6.45) is 10.8. The number of aromatic nitrogens is 1. The molecule has 0 aromatic carbocycles. The first kappa shape index (κ1) is 14.0. The van der Waals surface area contributed by atoms with E-state index in [9.17, 15) is 0 Å². The van der Waals surface area contributed by atoms with Crippen LogP contribution >= 0.6 is 0 Å². The lowest BCUT2D eigenvalue weighted by atomic mass is 9.96. The molecule has 1 aliphatic rings. The molecule has 2 N–H and O–H groups in total. The molecule has 4 heteroatoms. The number of aliphatic imine (C=N–C) groups is 1. The highest BCUT2D eigenvalue weighted by molar-refractivity contribution is 5.80. The molecule has 0 aliphatic heterocycles. The smallest absolute Gasteiger partial charge is 0.191 e. The number of rotatable bonds is 4. The summed E-state index contributed by atoms with van der Waals surface area (Å²) in [5.74, 6) is 0.957. The van der Waals surface area contributed by atoms with Gasteiger partial charge in [-0.25, -0.2) is 4.99 Å². The summed E-state index contributed by atoms with van der Waals surface area (Å²) in [5.41, 5.74) is 1.25. The summed E-state index contributed by atoms with van der Waals surface area (Å²) in [4.78, 5) is 4.67. The predicted molar refractivity (Wildman–Crippen MR) is 80.2 cm³/mol.